The Hall–Kier alpha value is -4.29. The molecule has 4 rings (SSSR count). The third-order valence-electron chi connectivity index (χ3n) is 5.74. The van der Waals surface area contributed by atoms with Crippen LogP contribution in [0.4, 0.5) is 11.4 Å². The lowest BCUT2D eigenvalue weighted by atomic mass is 10.1. The van der Waals surface area contributed by atoms with Crippen LogP contribution in [0, 0.1) is 27.2 Å². The zero-order valence-electron chi connectivity index (χ0n) is 20.2. The van der Waals surface area contributed by atoms with Crippen LogP contribution < -0.4 is 5.32 Å². The third-order valence-corrected chi connectivity index (χ3v) is 7.03. The molecule has 0 spiro atoms. The highest BCUT2D eigenvalue weighted by Gasteiger charge is 2.23. The summed E-state index contributed by atoms with van der Waals surface area (Å²) in [7, 11) is 0. The molecule has 1 heterocycles. The normalized spacial score (nSPS) is 11.7. The van der Waals surface area contributed by atoms with E-state index in [9.17, 15) is 25.0 Å². The molecule has 13 heteroatoms. The Morgan fingerprint density at radius 1 is 1.03 bits per heavy atom. The van der Waals surface area contributed by atoms with Crippen LogP contribution in [0.3, 0.4) is 0 Å². The minimum absolute atomic E-state index is 0.0600. The van der Waals surface area contributed by atoms with Gasteiger partial charge in [0.15, 0.2) is 11.0 Å². The highest BCUT2D eigenvalue weighted by atomic mass is 35.5. The van der Waals surface area contributed by atoms with E-state index in [1.807, 2.05) is 31.2 Å². The molecule has 0 fully saturated rings. The molecule has 1 unspecified atom stereocenters. The maximum absolute atomic E-state index is 12.9. The molecule has 0 aliphatic carbocycles. The van der Waals surface area contributed by atoms with Gasteiger partial charge in [0, 0.05) is 35.7 Å². The molecule has 1 N–H and O–H groups in total. The number of nitro benzene ring substituents is 2. The van der Waals surface area contributed by atoms with Gasteiger partial charge in [-0.15, -0.1) is 10.2 Å². The number of halogens is 1. The van der Waals surface area contributed by atoms with Crippen molar-refractivity contribution in [3.63, 3.8) is 0 Å². The van der Waals surface area contributed by atoms with Crippen LogP contribution in [0.15, 0.2) is 71.9 Å². The van der Waals surface area contributed by atoms with E-state index in [2.05, 4.69) is 15.5 Å². The van der Waals surface area contributed by atoms with Gasteiger partial charge in [0.1, 0.15) is 0 Å². The van der Waals surface area contributed by atoms with Crippen molar-refractivity contribution in [3.8, 4) is 5.69 Å². The molecule has 0 bridgehead atoms. The molecule has 0 aliphatic heterocycles. The van der Waals surface area contributed by atoms with Crippen LogP contribution >= 0.6 is 23.4 Å². The molecule has 0 radical (unpaired) electrons. The highest BCUT2D eigenvalue weighted by molar-refractivity contribution is 7.98. The summed E-state index contributed by atoms with van der Waals surface area (Å²) in [6, 6.07) is 16.8. The molecule has 38 heavy (non-hydrogen) atoms. The number of amides is 1. The van der Waals surface area contributed by atoms with Crippen molar-refractivity contribution in [2.24, 2.45) is 0 Å². The molecular weight excluding hydrogens is 532 g/mol. The number of hydrogen-bond donors (Lipinski definition) is 1. The number of carbonyl (C=O) groups is 1. The summed E-state index contributed by atoms with van der Waals surface area (Å²) in [5, 5.41) is 34.1. The van der Waals surface area contributed by atoms with Crippen LogP contribution in [-0.2, 0) is 5.75 Å². The molecule has 0 aliphatic rings. The van der Waals surface area contributed by atoms with Crippen LogP contribution in [0.5, 0.6) is 0 Å². The number of aryl methyl sites for hydroxylation is 1. The monoisotopic (exact) mass is 552 g/mol. The minimum atomic E-state index is -0.663. The van der Waals surface area contributed by atoms with Gasteiger partial charge in [-0.2, -0.15) is 0 Å². The standard InChI is InChI=1S/C25H21ClN6O5S/c1-15-5-3-4-6-17(15)14-38-25-29-28-23(30(25)18-7-9-19(10-8-18)31(34)35)16(2)27-24(33)21-12-11-20(32(36)37)13-22(21)26/h3-13,16H,14H2,1-2H3,(H,27,33). The number of aromatic nitrogens is 3. The van der Waals surface area contributed by atoms with Crippen LogP contribution in [0.1, 0.15) is 40.3 Å². The van der Waals surface area contributed by atoms with E-state index in [0.29, 0.717) is 22.4 Å². The number of rotatable bonds is 9. The highest BCUT2D eigenvalue weighted by Crippen LogP contribution is 2.30. The van der Waals surface area contributed by atoms with E-state index in [1.165, 1.54) is 36.0 Å². The van der Waals surface area contributed by atoms with E-state index in [4.69, 9.17) is 11.6 Å². The zero-order chi connectivity index (χ0) is 27.4. The van der Waals surface area contributed by atoms with E-state index < -0.39 is 21.8 Å². The summed E-state index contributed by atoms with van der Waals surface area (Å²) in [5.41, 5.74) is 2.60. The average molecular weight is 553 g/mol. The SMILES string of the molecule is Cc1ccccc1CSc1nnc(C(C)NC(=O)c2ccc([N+](=O)[O-])cc2Cl)n1-c1ccc([N+](=O)[O-])cc1. The maximum Gasteiger partial charge on any atom is 0.270 e. The first-order valence-corrected chi connectivity index (χ1v) is 12.6. The lowest BCUT2D eigenvalue weighted by molar-refractivity contribution is -0.385. The third kappa shape index (κ3) is 5.82. The van der Waals surface area contributed by atoms with E-state index in [1.54, 1.807) is 23.6 Å². The largest absolute Gasteiger partial charge is 0.342 e. The van der Waals surface area contributed by atoms with Crippen molar-refractivity contribution in [1.29, 1.82) is 0 Å². The van der Waals surface area contributed by atoms with Crippen molar-refractivity contribution in [1.82, 2.24) is 20.1 Å². The van der Waals surface area contributed by atoms with Gasteiger partial charge < -0.3 is 5.32 Å². The summed E-state index contributed by atoms with van der Waals surface area (Å²) < 4.78 is 1.73. The molecule has 11 nitrogen and oxygen atoms in total. The van der Waals surface area contributed by atoms with Gasteiger partial charge in [0.05, 0.1) is 26.5 Å². The fourth-order valence-corrected chi connectivity index (χ4v) is 4.97. The molecule has 4 aromatic rings. The van der Waals surface area contributed by atoms with Gasteiger partial charge in [-0.25, -0.2) is 0 Å². The molecule has 3 aromatic carbocycles. The van der Waals surface area contributed by atoms with E-state index in [-0.39, 0.29) is 22.0 Å². The summed E-state index contributed by atoms with van der Waals surface area (Å²) in [4.78, 5) is 34.0. The Labute approximate surface area is 226 Å². The van der Waals surface area contributed by atoms with Crippen molar-refractivity contribution < 1.29 is 14.6 Å². The predicted octanol–water partition coefficient (Wildman–Crippen LogP) is 5.83. The summed E-state index contributed by atoms with van der Waals surface area (Å²) >= 11 is 7.56. The number of nitrogens with one attached hydrogen (secondary N) is 1. The Kier molecular flexibility index (Phi) is 8.03. The van der Waals surface area contributed by atoms with Gasteiger partial charge in [-0.3, -0.25) is 29.6 Å². The number of hydrogen-bond acceptors (Lipinski definition) is 8. The van der Waals surface area contributed by atoms with Crippen molar-refractivity contribution in [3.05, 3.63) is 114 Å². The summed E-state index contributed by atoms with van der Waals surface area (Å²) in [6.07, 6.45) is 0. The number of nitro groups is 2. The second-order valence-electron chi connectivity index (χ2n) is 8.28. The lowest BCUT2D eigenvalue weighted by Crippen LogP contribution is -2.29. The first-order valence-electron chi connectivity index (χ1n) is 11.3. The Morgan fingerprint density at radius 2 is 1.68 bits per heavy atom. The fraction of sp³-hybridized carbons (Fsp3) is 0.160. The molecular formula is C25H21ClN6O5S. The van der Waals surface area contributed by atoms with E-state index >= 15 is 0 Å². The lowest BCUT2D eigenvalue weighted by Gasteiger charge is -2.17. The zero-order valence-corrected chi connectivity index (χ0v) is 21.8. The van der Waals surface area contributed by atoms with Crippen LogP contribution in [0.2, 0.25) is 5.02 Å². The van der Waals surface area contributed by atoms with Crippen molar-refractivity contribution in [2.75, 3.05) is 0 Å². The van der Waals surface area contributed by atoms with E-state index in [0.717, 1.165) is 17.2 Å². The van der Waals surface area contributed by atoms with Crippen LogP contribution in [0.25, 0.3) is 5.69 Å². The molecule has 0 saturated carbocycles. The van der Waals surface area contributed by atoms with Gasteiger partial charge >= 0.3 is 0 Å². The minimum Gasteiger partial charge on any atom is -0.342 e. The second kappa shape index (κ2) is 11.4. The predicted molar refractivity (Wildman–Crippen MR) is 143 cm³/mol. The Balaban J connectivity index is 1.65. The average Bonchev–Trinajstić information content (AvgIpc) is 3.32. The second-order valence-corrected chi connectivity index (χ2v) is 9.63. The molecule has 1 atom stereocenters. The molecule has 194 valence electrons. The smallest absolute Gasteiger partial charge is 0.270 e. The van der Waals surface area contributed by atoms with Crippen LogP contribution in [-0.4, -0.2) is 30.5 Å². The topological polar surface area (TPSA) is 146 Å². The molecule has 1 aromatic heterocycles. The van der Waals surface area contributed by atoms with Gasteiger partial charge in [0.25, 0.3) is 17.3 Å². The van der Waals surface area contributed by atoms with Gasteiger partial charge in [-0.1, -0.05) is 47.6 Å². The number of benzene rings is 3. The fourth-order valence-electron chi connectivity index (χ4n) is 3.68. The quantitative estimate of drug-likeness (QED) is 0.155. The number of nitrogens with zero attached hydrogens (tertiary/aromatic N) is 5. The Bertz CT molecular complexity index is 1530. The molecule has 0 saturated heterocycles. The van der Waals surface area contributed by atoms with Gasteiger partial charge in [-0.05, 0) is 43.2 Å². The molecule has 1 amide bonds. The Morgan fingerprint density at radius 3 is 2.32 bits per heavy atom. The van der Waals surface area contributed by atoms with Crippen molar-refractivity contribution >= 4 is 40.6 Å². The summed E-state index contributed by atoms with van der Waals surface area (Å²) in [6.45, 7) is 3.72. The van der Waals surface area contributed by atoms with Crippen molar-refractivity contribution in [2.45, 2.75) is 30.8 Å². The summed E-state index contributed by atoms with van der Waals surface area (Å²) in [5.74, 6) is 0.444. The number of non-ortho nitro benzene ring substituents is 2. The number of thioether (sulfide) groups is 1. The first kappa shape index (κ1) is 26.8. The maximum atomic E-state index is 12.9. The number of carbonyl (C=O) groups excluding carboxylic acids is 1. The first-order chi connectivity index (χ1) is 18.2. The van der Waals surface area contributed by atoms with Gasteiger partial charge in [0.2, 0.25) is 0 Å².